The summed E-state index contributed by atoms with van der Waals surface area (Å²) in [5.74, 6) is 0.294. The summed E-state index contributed by atoms with van der Waals surface area (Å²) in [6.45, 7) is 3.29. The zero-order valence-electron chi connectivity index (χ0n) is 12.7. The second-order valence-corrected chi connectivity index (χ2v) is 5.01. The van der Waals surface area contributed by atoms with Crippen LogP contribution in [0.3, 0.4) is 0 Å². The minimum atomic E-state index is -0.225. The van der Waals surface area contributed by atoms with Crippen LogP contribution >= 0.6 is 0 Å². The molecule has 0 saturated carbocycles. The third kappa shape index (κ3) is 4.42. The zero-order valence-corrected chi connectivity index (χ0v) is 12.7. The summed E-state index contributed by atoms with van der Waals surface area (Å²) in [5, 5.41) is 0. The predicted molar refractivity (Wildman–Crippen MR) is 86.6 cm³/mol. The highest BCUT2D eigenvalue weighted by molar-refractivity contribution is 6.21. The lowest BCUT2D eigenvalue weighted by molar-refractivity contribution is -0.119. The van der Waals surface area contributed by atoms with Crippen molar-refractivity contribution in [2.75, 3.05) is 0 Å². The normalized spacial score (nSPS) is 9.91. The van der Waals surface area contributed by atoms with Crippen LogP contribution in [0.2, 0.25) is 0 Å². The Morgan fingerprint density at radius 1 is 0.909 bits per heavy atom. The van der Waals surface area contributed by atoms with E-state index < -0.39 is 0 Å². The van der Waals surface area contributed by atoms with Gasteiger partial charge in [0, 0.05) is 0 Å². The maximum atomic E-state index is 11.4. The van der Waals surface area contributed by atoms with E-state index in [0.29, 0.717) is 6.61 Å². The van der Waals surface area contributed by atoms with Crippen LogP contribution in [-0.2, 0) is 16.2 Å². The van der Waals surface area contributed by atoms with Gasteiger partial charge in [0.05, 0.1) is 5.57 Å². The van der Waals surface area contributed by atoms with Gasteiger partial charge in [-0.25, -0.2) is 0 Å². The molecule has 2 rings (SSSR count). The zero-order chi connectivity index (χ0) is 15.9. The fourth-order valence-corrected chi connectivity index (χ4v) is 2.02. The number of hydrogen-bond acceptors (Lipinski definition) is 3. The molecule has 0 spiro atoms. The highest BCUT2D eigenvalue weighted by Gasteiger charge is 2.09. The summed E-state index contributed by atoms with van der Waals surface area (Å²) in [7, 11) is 0. The molecule has 0 aliphatic heterocycles. The first-order chi connectivity index (χ1) is 10.6. The number of carbonyl (C=O) groups excluding carboxylic acids is 2. The third-order valence-corrected chi connectivity index (χ3v) is 3.20. The summed E-state index contributed by atoms with van der Waals surface area (Å²) < 4.78 is 5.69. The van der Waals surface area contributed by atoms with E-state index >= 15 is 0 Å². The first-order valence-electron chi connectivity index (χ1n) is 7.06. The lowest BCUT2D eigenvalue weighted by Gasteiger charge is -2.06. The molecule has 0 saturated heterocycles. The molecule has 0 aliphatic carbocycles. The molecule has 112 valence electrons. The summed E-state index contributed by atoms with van der Waals surface area (Å²) in [5.41, 5.74) is 2.10. The van der Waals surface area contributed by atoms with Crippen LogP contribution in [0.1, 0.15) is 25.0 Å². The summed E-state index contributed by atoms with van der Waals surface area (Å²) in [4.78, 5) is 22.8. The fraction of sp³-hybridized carbons (Fsp3) is 0.158. The number of ether oxygens (including phenoxy) is 1. The molecule has 0 unspecified atom stereocenters. The monoisotopic (exact) mass is 294 g/mol. The number of Topliss-reactive ketones (excluding diaryl/α,β-unsaturated/α-hetero) is 2. The number of benzene rings is 2. The van der Waals surface area contributed by atoms with Crippen molar-refractivity contribution in [1.82, 2.24) is 0 Å². The summed E-state index contributed by atoms with van der Waals surface area (Å²) >= 11 is 0. The Kier molecular flexibility index (Phi) is 5.26. The number of hydrogen-bond donors (Lipinski definition) is 0. The third-order valence-electron chi connectivity index (χ3n) is 3.20. The van der Waals surface area contributed by atoms with Crippen LogP contribution in [0.5, 0.6) is 5.75 Å². The van der Waals surface area contributed by atoms with E-state index in [0.717, 1.165) is 16.9 Å². The van der Waals surface area contributed by atoms with Crippen LogP contribution < -0.4 is 4.74 Å². The van der Waals surface area contributed by atoms with Gasteiger partial charge in [0.1, 0.15) is 12.4 Å². The second-order valence-electron chi connectivity index (χ2n) is 5.01. The van der Waals surface area contributed by atoms with Crippen LogP contribution in [-0.4, -0.2) is 11.6 Å². The average Bonchev–Trinajstić information content (AvgIpc) is 2.52. The van der Waals surface area contributed by atoms with Crippen molar-refractivity contribution in [2.45, 2.75) is 20.5 Å². The van der Waals surface area contributed by atoms with Crippen molar-refractivity contribution in [1.29, 1.82) is 0 Å². The molecule has 3 nitrogen and oxygen atoms in total. The van der Waals surface area contributed by atoms with Crippen LogP contribution in [0.15, 0.2) is 60.2 Å². The maximum Gasteiger partial charge on any atom is 0.163 e. The van der Waals surface area contributed by atoms with Gasteiger partial charge in [-0.2, -0.15) is 0 Å². The van der Waals surface area contributed by atoms with Crippen molar-refractivity contribution in [3.05, 3.63) is 71.3 Å². The molecule has 22 heavy (non-hydrogen) atoms. The van der Waals surface area contributed by atoms with Crippen molar-refractivity contribution in [2.24, 2.45) is 0 Å². The Balaban J connectivity index is 2.05. The van der Waals surface area contributed by atoms with E-state index in [9.17, 15) is 9.59 Å². The topological polar surface area (TPSA) is 43.4 Å². The average molecular weight is 294 g/mol. The summed E-state index contributed by atoms with van der Waals surface area (Å²) in [6, 6.07) is 17.2. The molecule has 0 bridgehead atoms. The van der Waals surface area contributed by atoms with Gasteiger partial charge in [-0.3, -0.25) is 9.59 Å². The van der Waals surface area contributed by atoms with Gasteiger partial charge in [0.15, 0.2) is 11.6 Å². The first-order valence-corrected chi connectivity index (χ1v) is 7.06. The molecule has 0 amide bonds. The van der Waals surface area contributed by atoms with Gasteiger partial charge in [0.25, 0.3) is 0 Å². The first kappa shape index (κ1) is 15.7. The molecule has 0 heterocycles. The van der Waals surface area contributed by atoms with Crippen molar-refractivity contribution < 1.29 is 14.3 Å². The van der Waals surface area contributed by atoms with Gasteiger partial charge in [-0.15, -0.1) is 0 Å². The van der Waals surface area contributed by atoms with E-state index in [2.05, 4.69) is 0 Å². The minimum absolute atomic E-state index is 0.206. The Hall–Kier alpha value is -2.68. The molecule has 2 aromatic rings. The molecule has 0 N–H and O–H groups in total. The largest absolute Gasteiger partial charge is 0.489 e. The fourth-order valence-electron chi connectivity index (χ4n) is 2.02. The van der Waals surface area contributed by atoms with E-state index in [1.807, 2.05) is 54.6 Å². The highest BCUT2D eigenvalue weighted by atomic mass is 16.5. The van der Waals surface area contributed by atoms with Gasteiger partial charge in [-0.1, -0.05) is 42.5 Å². The van der Waals surface area contributed by atoms with Crippen molar-refractivity contribution in [3.8, 4) is 5.75 Å². The van der Waals surface area contributed by atoms with Crippen LogP contribution in [0, 0.1) is 0 Å². The van der Waals surface area contributed by atoms with Crippen LogP contribution in [0.25, 0.3) is 6.08 Å². The van der Waals surface area contributed by atoms with E-state index in [1.165, 1.54) is 13.8 Å². The molecule has 0 aromatic heterocycles. The number of rotatable bonds is 6. The Morgan fingerprint density at radius 3 is 2.05 bits per heavy atom. The van der Waals surface area contributed by atoms with Gasteiger partial charge < -0.3 is 4.74 Å². The number of carbonyl (C=O) groups is 2. The Morgan fingerprint density at radius 2 is 1.50 bits per heavy atom. The molecular weight excluding hydrogens is 276 g/mol. The smallest absolute Gasteiger partial charge is 0.163 e. The lowest BCUT2D eigenvalue weighted by Crippen LogP contribution is -2.05. The lowest BCUT2D eigenvalue weighted by atomic mass is 10.0. The van der Waals surface area contributed by atoms with Crippen LogP contribution in [0.4, 0.5) is 0 Å². The Labute approximate surface area is 130 Å². The molecule has 2 aromatic carbocycles. The van der Waals surface area contributed by atoms with E-state index in [1.54, 1.807) is 6.08 Å². The quantitative estimate of drug-likeness (QED) is 0.462. The molecule has 0 atom stereocenters. The molecule has 0 radical (unpaired) electrons. The van der Waals surface area contributed by atoms with Crippen molar-refractivity contribution >= 4 is 17.6 Å². The standard InChI is InChI=1S/C19H18O3/c1-14(20)19(15(2)21)12-16-8-10-18(11-9-16)22-13-17-6-4-3-5-7-17/h3-12H,13H2,1-2H3. The highest BCUT2D eigenvalue weighted by Crippen LogP contribution is 2.16. The SMILES string of the molecule is CC(=O)C(=Cc1ccc(OCc2ccccc2)cc1)C(C)=O. The van der Waals surface area contributed by atoms with Gasteiger partial charge in [-0.05, 0) is 43.2 Å². The van der Waals surface area contributed by atoms with Gasteiger partial charge in [0.2, 0.25) is 0 Å². The Bertz CT molecular complexity index is 666. The van der Waals surface area contributed by atoms with Crippen molar-refractivity contribution in [3.63, 3.8) is 0 Å². The van der Waals surface area contributed by atoms with E-state index in [4.69, 9.17) is 4.74 Å². The molecule has 3 heteroatoms. The van der Waals surface area contributed by atoms with E-state index in [-0.39, 0.29) is 17.1 Å². The molecule has 0 aliphatic rings. The number of allylic oxidation sites excluding steroid dienone is 1. The van der Waals surface area contributed by atoms with Gasteiger partial charge >= 0.3 is 0 Å². The minimum Gasteiger partial charge on any atom is -0.489 e. The summed E-state index contributed by atoms with van der Waals surface area (Å²) in [6.07, 6.45) is 1.60. The second kappa shape index (κ2) is 7.36. The predicted octanol–water partition coefficient (Wildman–Crippen LogP) is 3.83. The maximum absolute atomic E-state index is 11.4. The number of ketones is 2. The molecular formula is C19H18O3. The molecule has 0 fully saturated rings.